The fourth-order valence-corrected chi connectivity index (χ4v) is 2.79. The third-order valence-corrected chi connectivity index (χ3v) is 5.06. The summed E-state index contributed by atoms with van der Waals surface area (Å²) in [4.78, 5) is -0.154. The molecule has 0 aliphatic carbocycles. The Labute approximate surface area is 102 Å². The van der Waals surface area contributed by atoms with Crippen molar-refractivity contribution in [3.63, 3.8) is 0 Å². The van der Waals surface area contributed by atoms with Gasteiger partial charge in [0.05, 0.1) is 15.7 Å². The van der Waals surface area contributed by atoms with Gasteiger partial charge in [-0.25, -0.2) is 8.42 Å². The zero-order valence-electron chi connectivity index (χ0n) is 8.83. The maximum Gasteiger partial charge on any atom is 0.416 e. The maximum atomic E-state index is 12.3. The lowest BCUT2D eigenvalue weighted by Crippen LogP contribution is -2.19. The van der Waals surface area contributed by atoms with Crippen LogP contribution in [0.15, 0.2) is 29.2 Å². The van der Waals surface area contributed by atoms with E-state index in [0.29, 0.717) is 0 Å². The van der Waals surface area contributed by atoms with Gasteiger partial charge >= 0.3 is 6.18 Å². The molecule has 0 saturated heterocycles. The Kier molecular flexibility index (Phi) is 4.09. The van der Waals surface area contributed by atoms with Crippen LogP contribution in [-0.4, -0.2) is 19.5 Å². The van der Waals surface area contributed by atoms with Gasteiger partial charge in [-0.15, -0.1) is 11.6 Å². The molecule has 96 valence electrons. The Morgan fingerprint density at radius 3 is 2.06 bits per heavy atom. The van der Waals surface area contributed by atoms with E-state index in [1.807, 2.05) is 0 Å². The second kappa shape index (κ2) is 4.86. The van der Waals surface area contributed by atoms with Gasteiger partial charge in [0.1, 0.15) is 0 Å². The van der Waals surface area contributed by atoms with Gasteiger partial charge in [-0.1, -0.05) is 0 Å². The number of halogens is 4. The van der Waals surface area contributed by atoms with Gasteiger partial charge in [-0.3, -0.25) is 0 Å². The Morgan fingerprint density at radius 1 is 1.24 bits per heavy atom. The first-order valence-corrected chi connectivity index (χ1v) is 6.75. The average Bonchev–Trinajstić information content (AvgIpc) is 2.27. The highest BCUT2D eigenvalue weighted by molar-refractivity contribution is 7.92. The molecule has 1 atom stereocenters. The zero-order chi connectivity index (χ0) is 13.3. The second-order valence-corrected chi connectivity index (χ2v) is 6.21. The molecule has 0 heterocycles. The molecule has 0 saturated carbocycles. The molecule has 0 radical (unpaired) electrons. The van der Waals surface area contributed by atoms with Crippen molar-refractivity contribution >= 4 is 21.4 Å². The Morgan fingerprint density at radius 2 is 1.71 bits per heavy atom. The molecule has 0 N–H and O–H groups in total. The Hall–Kier alpha value is -0.750. The predicted molar refractivity (Wildman–Crippen MR) is 58.8 cm³/mol. The van der Waals surface area contributed by atoms with Crippen LogP contribution in [-0.2, 0) is 16.0 Å². The summed E-state index contributed by atoms with van der Waals surface area (Å²) in [5.74, 6) is -0.108. The minimum absolute atomic E-state index is 0.108. The Bertz CT molecular complexity index is 479. The summed E-state index contributed by atoms with van der Waals surface area (Å²) in [6.45, 7) is 1.40. The molecule has 0 bridgehead atoms. The van der Waals surface area contributed by atoms with E-state index in [-0.39, 0.29) is 10.8 Å². The molecule has 17 heavy (non-hydrogen) atoms. The van der Waals surface area contributed by atoms with Crippen molar-refractivity contribution in [2.24, 2.45) is 0 Å². The van der Waals surface area contributed by atoms with E-state index >= 15 is 0 Å². The van der Waals surface area contributed by atoms with Crippen molar-refractivity contribution in [3.8, 4) is 0 Å². The SMILES string of the molecule is CC(CCl)S(=O)(=O)c1ccc(C(F)(F)F)cc1. The van der Waals surface area contributed by atoms with Crippen LogP contribution in [0.1, 0.15) is 12.5 Å². The topological polar surface area (TPSA) is 34.1 Å². The van der Waals surface area contributed by atoms with Crippen LogP contribution >= 0.6 is 11.6 Å². The van der Waals surface area contributed by atoms with Gasteiger partial charge in [-0.2, -0.15) is 13.2 Å². The van der Waals surface area contributed by atoms with E-state index in [9.17, 15) is 21.6 Å². The molecular weight excluding hydrogens is 277 g/mol. The van der Waals surface area contributed by atoms with Crippen molar-refractivity contribution in [2.45, 2.75) is 23.2 Å². The van der Waals surface area contributed by atoms with Crippen molar-refractivity contribution < 1.29 is 21.6 Å². The molecule has 0 aliphatic heterocycles. The first-order valence-electron chi connectivity index (χ1n) is 4.66. The number of alkyl halides is 4. The number of hydrogen-bond acceptors (Lipinski definition) is 2. The minimum Gasteiger partial charge on any atom is -0.223 e. The van der Waals surface area contributed by atoms with Crippen molar-refractivity contribution in [1.29, 1.82) is 0 Å². The monoisotopic (exact) mass is 286 g/mol. The van der Waals surface area contributed by atoms with E-state index in [4.69, 9.17) is 11.6 Å². The lowest BCUT2D eigenvalue weighted by molar-refractivity contribution is -0.137. The number of hydrogen-bond donors (Lipinski definition) is 0. The molecule has 0 aliphatic rings. The van der Waals surface area contributed by atoms with Gasteiger partial charge in [-0.05, 0) is 31.2 Å². The third kappa shape index (κ3) is 3.13. The third-order valence-electron chi connectivity index (χ3n) is 2.26. The van der Waals surface area contributed by atoms with Crippen LogP contribution in [0, 0.1) is 0 Å². The normalized spacial score (nSPS) is 14.6. The first-order chi connectivity index (χ1) is 7.69. The first kappa shape index (κ1) is 14.3. The van der Waals surface area contributed by atoms with Crippen LogP contribution in [0.4, 0.5) is 13.2 Å². The molecule has 7 heteroatoms. The molecule has 0 amide bonds. The van der Waals surface area contributed by atoms with Gasteiger partial charge in [0.25, 0.3) is 0 Å². The lowest BCUT2D eigenvalue weighted by Gasteiger charge is -2.11. The van der Waals surface area contributed by atoms with E-state index in [1.54, 1.807) is 0 Å². The molecule has 0 aromatic heterocycles. The van der Waals surface area contributed by atoms with E-state index in [0.717, 1.165) is 24.3 Å². The van der Waals surface area contributed by atoms with Crippen LogP contribution < -0.4 is 0 Å². The Balaban J connectivity index is 3.12. The standard InChI is InChI=1S/C10H10ClF3O2S/c1-7(6-11)17(15,16)9-4-2-8(3-5-9)10(12,13)14/h2-5,7H,6H2,1H3. The summed E-state index contributed by atoms with van der Waals surface area (Å²) >= 11 is 5.43. The zero-order valence-corrected chi connectivity index (χ0v) is 10.4. The van der Waals surface area contributed by atoms with Gasteiger partial charge in [0.2, 0.25) is 0 Å². The van der Waals surface area contributed by atoms with Crippen LogP contribution in [0.5, 0.6) is 0 Å². The van der Waals surface area contributed by atoms with E-state index in [2.05, 4.69) is 0 Å². The molecule has 1 aromatic rings. The highest BCUT2D eigenvalue weighted by atomic mass is 35.5. The molecule has 1 aromatic carbocycles. The number of rotatable bonds is 3. The summed E-state index contributed by atoms with van der Waals surface area (Å²) in [6.07, 6.45) is -4.47. The fraction of sp³-hybridized carbons (Fsp3) is 0.400. The van der Waals surface area contributed by atoms with Crippen molar-refractivity contribution in [2.75, 3.05) is 5.88 Å². The fourth-order valence-electron chi connectivity index (χ4n) is 1.15. The van der Waals surface area contributed by atoms with Crippen LogP contribution in [0.25, 0.3) is 0 Å². The summed E-state index contributed by atoms with van der Waals surface area (Å²) in [5, 5.41) is -0.832. The molecule has 1 unspecified atom stereocenters. The maximum absolute atomic E-state index is 12.3. The highest BCUT2D eigenvalue weighted by Crippen LogP contribution is 2.30. The highest BCUT2D eigenvalue weighted by Gasteiger charge is 2.31. The molecule has 2 nitrogen and oxygen atoms in total. The summed E-state index contributed by atoms with van der Waals surface area (Å²) in [7, 11) is -3.65. The number of benzene rings is 1. The van der Waals surface area contributed by atoms with Gasteiger partial charge in [0, 0.05) is 5.88 Å². The van der Waals surface area contributed by atoms with Crippen LogP contribution in [0.3, 0.4) is 0 Å². The van der Waals surface area contributed by atoms with Gasteiger partial charge in [0.15, 0.2) is 9.84 Å². The molecule has 0 spiro atoms. The van der Waals surface area contributed by atoms with Gasteiger partial charge < -0.3 is 0 Å². The predicted octanol–water partition coefficient (Wildman–Crippen LogP) is 3.11. The van der Waals surface area contributed by atoms with E-state index in [1.165, 1.54) is 6.92 Å². The van der Waals surface area contributed by atoms with Crippen LogP contribution in [0.2, 0.25) is 0 Å². The average molecular weight is 287 g/mol. The molecule has 1 rings (SSSR count). The second-order valence-electron chi connectivity index (χ2n) is 3.53. The smallest absolute Gasteiger partial charge is 0.223 e. The summed E-state index contributed by atoms with van der Waals surface area (Å²) in [6, 6.07) is 3.38. The summed E-state index contributed by atoms with van der Waals surface area (Å²) < 4.78 is 60.3. The molecule has 0 fully saturated rings. The molecular formula is C10H10ClF3O2S. The summed E-state index contributed by atoms with van der Waals surface area (Å²) in [5.41, 5.74) is -0.880. The van der Waals surface area contributed by atoms with Crippen molar-refractivity contribution in [3.05, 3.63) is 29.8 Å². The van der Waals surface area contributed by atoms with Crippen molar-refractivity contribution in [1.82, 2.24) is 0 Å². The largest absolute Gasteiger partial charge is 0.416 e. The minimum atomic E-state index is -4.47. The quantitative estimate of drug-likeness (QED) is 0.800. The van der Waals surface area contributed by atoms with E-state index < -0.39 is 26.8 Å². The number of sulfone groups is 1. The lowest BCUT2D eigenvalue weighted by atomic mass is 10.2.